The molecule has 20 heavy (non-hydrogen) atoms. The highest BCUT2D eigenvalue weighted by Gasteiger charge is 2.16. The molecular formula is C16H28N2O2. The molecule has 0 fully saturated rings. The lowest BCUT2D eigenvalue weighted by atomic mass is 10.1. The van der Waals surface area contributed by atoms with Crippen LogP contribution in [-0.4, -0.2) is 42.4 Å². The molecule has 0 aliphatic rings. The van der Waals surface area contributed by atoms with E-state index in [9.17, 15) is 5.11 Å². The summed E-state index contributed by atoms with van der Waals surface area (Å²) in [4.78, 5) is 2.16. The number of aliphatic hydroxyl groups excluding tert-OH is 1. The predicted octanol–water partition coefficient (Wildman–Crippen LogP) is 1.86. The zero-order valence-electron chi connectivity index (χ0n) is 13.0. The number of nitrogens with two attached hydrogens (primary N) is 1. The van der Waals surface area contributed by atoms with Crippen molar-refractivity contribution >= 4 is 0 Å². The minimum atomic E-state index is -0.497. The van der Waals surface area contributed by atoms with Gasteiger partial charge in [0.25, 0.3) is 0 Å². The third kappa shape index (κ3) is 5.49. The molecule has 4 nitrogen and oxygen atoms in total. The Morgan fingerprint density at radius 2 is 2.00 bits per heavy atom. The molecule has 0 saturated carbocycles. The van der Waals surface area contributed by atoms with Crippen molar-refractivity contribution in [3.05, 3.63) is 29.8 Å². The van der Waals surface area contributed by atoms with Gasteiger partial charge in [-0.15, -0.1) is 0 Å². The molecule has 114 valence electrons. The van der Waals surface area contributed by atoms with E-state index in [1.54, 1.807) is 0 Å². The molecule has 0 bridgehead atoms. The molecule has 0 aromatic heterocycles. The molecule has 0 heterocycles. The summed E-state index contributed by atoms with van der Waals surface area (Å²) >= 11 is 0. The molecule has 1 rings (SSSR count). The number of hydrogen-bond acceptors (Lipinski definition) is 4. The number of likely N-dealkylation sites (N-methyl/N-ethyl adjacent to an activating group) is 1. The van der Waals surface area contributed by atoms with Gasteiger partial charge in [0.15, 0.2) is 0 Å². The second kappa shape index (κ2) is 8.25. The highest BCUT2D eigenvalue weighted by Crippen LogP contribution is 2.14. The van der Waals surface area contributed by atoms with Crippen LogP contribution in [0.5, 0.6) is 5.75 Å². The summed E-state index contributed by atoms with van der Waals surface area (Å²) in [6.07, 6.45) is -0.497. The maximum atomic E-state index is 10.0. The Morgan fingerprint density at radius 1 is 1.30 bits per heavy atom. The number of hydrogen-bond donors (Lipinski definition) is 2. The molecule has 4 heteroatoms. The predicted molar refractivity (Wildman–Crippen MR) is 82.8 cm³/mol. The first kappa shape index (κ1) is 17.0. The third-order valence-corrected chi connectivity index (χ3v) is 3.74. The minimum Gasteiger partial charge on any atom is -0.491 e. The van der Waals surface area contributed by atoms with E-state index in [1.807, 2.05) is 31.3 Å². The van der Waals surface area contributed by atoms with E-state index in [1.165, 1.54) is 0 Å². The van der Waals surface area contributed by atoms with Gasteiger partial charge in [-0.3, -0.25) is 0 Å². The van der Waals surface area contributed by atoms with Gasteiger partial charge in [-0.05, 0) is 37.6 Å². The topological polar surface area (TPSA) is 58.7 Å². The quantitative estimate of drug-likeness (QED) is 0.763. The number of nitrogens with zero attached hydrogens (tertiary/aromatic N) is 1. The van der Waals surface area contributed by atoms with Gasteiger partial charge in [-0.2, -0.15) is 0 Å². The maximum absolute atomic E-state index is 10.0. The van der Waals surface area contributed by atoms with E-state index in [4.69, 9.17) is 10.5 Å². The lowest BCUT2D eigenvalue weighted by molar-refractivity contribution is 0.0583. The van der Waals surface area contributed by atoms with Gasteiger partial charge >= 0.3 is 0 Å². The Labute approximate surface area is 122 Å². The molecule has 0 saturated heterocycles. The summed E-state index contributed by atoms with van der Waals surface area (Å²) in [5.74, 6) is 1.32. The van der Waals surface area contributed by atoms with Gasteiger partial charge in [-0.1, -0.05) is 26.0 Å². The van der Waals surface area contributed by atoms with E-state index in [2.05, 4.69) is 25.7 Å². The first-order valence-electron chi connectivity index (χ1n) is 7.24. The summed E-state index contributed by atoms with van der Waals surface area (Å²) in [6, 6.07) is 8.10. The van der Waals surface area contributed by atoms with Gasteiger partial charge in [0.05, 0.1) is 0 Å². The van der Waals surface area contributed by atoms with Crippen LogP contribution in [0.15, 0.2) is 24.3 Å². The molecule has 1 aromatic rings. The second-order valence-corrected chi connectivity index (χ2v) is 5.74. The Balaban J connectivity index is 2.41. The lowest BCUT2D eigenvalue weighted by Crippen LogP contribution is -2.40. The molecule has 0 radical (unpaired) electrons. The second-order valence-electron chi connectivity index (χ2n) is 5.74. The van der Waals surface area contributed by atoms with Gasteiger partial charge in [0.2, 0.25) is 0 Å². The Hall–Kier alpha value is -1.10. The van der Waals surface area contributed by atoms with Crippen molar-refractivity contribution in [2.24, 2.45) is 11.7 Å². The van der Waals surface area contributed by atoms with E-state index in [-0.39, 0.29) is 0 Å². The van der Waals surface area contributed by atoms with Crippen LogP contribution in [0, 0.1) is 5.92 Å². The van der Waals surface area contributed by atoms with Crippen molar-refractivity contribution in [3.63, 3.8) is 0 Å². The van der Waals surface area contributed by atoms with Gasteiger partial charge in [-0.25, -0.2) is 0 Å². The molecule has 3 N–H and O–H groups in total. The fraction of sp³-hybridized carbons (Fsp3) is 0.625. The van der Waals surface area contributed by atoms with Gasteiger partial charge in [0, 0.05) is 19.1 Å². The normalized spacial score (nSPS) is 14.6. The maximum Gasteiger partial charge on any atom is 0.119 e. The highest BCUT2D eigenvalue weighted by atomic mass is 16.5. The zero-order valence-corrected chi connectivity index (χ0v) is 13.0. The summed E-state index contributed by atoms with van der Waals surface area (Å²) in [5.41, 5.74) is 6.62. The molecule has 0 spiro atoms. The van der Waals surface area contributed by atoms with Crippen molar-refractivity contribution in [1.82, 2.24) is 4.90 Å². The van der Waals surface area contributed by atoms with Crippen LogP contribution in [0.2, 0.25) is 0 Å². The van der Waals surface area contributed by atoms with Crippen molar-refractivity contribution in [1.29, 1.82) is 0 Å². The summed E-state index contributed by atoms with van der Waals surface area (Å²) < 4.78 is 5.62. The molecule has 0 aliphatic heterocycles. The average Bonchev–Trinajstić information content (AvgIpc) is 2.44. The van der Waals surface area contributed by atoms with Crippen molar-refractivity contribution in [2.45, 2.75) is 39.5 Å². The minimum absolute atomic E-state index is 0.295. The van der Waals surface area contributed by atoms with Crippen molar-refractivity contribution in [3.8, 4) is 5.75 Å². The fourth-order valence-corrected chi connectivity index (χ4v) is 2.02. The molecule has 0 amide bonds. The SMILES string of the molecule is CC(C)C(C)N(C)CC(O)COc1cccc(CN)c1. The zero-order chi connectivity index (χ0) is 15.1. The third-order valence-electron chi connectivity index (χ3n) is 3.74. The smallest absolute Gasteiger partial charge is 0.119 e. The molecule has 2 atom stereocenters. The van der Waals surface area contributed by atoms with E-state index < -0.39 is 6.10 Å². The lowest BCUT2D eigenvalue weighted by Gasteiger charge is -2.29. The summed E-state index contributed by atoms with van der Waals surface area (Å²) in [5, 5.41) is 10.0. The van der Waals surface area contributed by atoms with Gasteiger partial charge in [0.1, 0.15) is 18.5 Å². The Kier molecular flexibility index (Phi) is 6.99. The van der Waals surface area contributed by atoms with Crippen LogP contribution in [0.4, 0.5) is 0 Å². The molecule has 2 unspecified atom stereocenters. The van der Waals surface area contributed by atoms with Crippen LogP contribution in [0.1, 0.15) is 26.3 Å². The van der Waals surface area contributed by atoms with E-state index >= 15 is 0 Å². The Morgan fingerprint density at radius 3 is 2.60 bits per heavy atom. The standard InChI is InChI=1S/C16H28N2O2/c1-12(2)13(3)18(4)10-15(19)11-20-16-7-5-6-14(8-16)9-17/h5-8,12-13,15,19H,9-11,17H2,1-4H3. The summed E-state index contributed by atoms with van der Waals surface area (Å²) in [7, 11) is 2.03. The number of ether oxygens (including phenoxy) is 1. The monoisotopic (exact) mass is 280 g/mol. The largest absolute Gasteiger partial charge is 0.491 e. The van der Waals surface area contributed by atoms with Crippen LogP contribution in [0.3, 0.4) is 0 Å². The number of aliphatic hydroxyl groups is 1. The van der Waals surface area contributed by atoms with Gasteiger partial charge < -0.3 is 20.5 Å². The molecule has 1 aromatic carbocycles. The molecule has 0 aliphatic carbocycles. The highest BCUT2D eigenvalue weighted by molar-refractivity contribution is 5.28. The number of rotatable bonds is 8. The number of benzene rings is 1. The average molecular weight is 280 g/mol. The van der Waals surface area contributed by atoms with Crippen LogP contribution < -0.4 is 10.5 Å². The Bertz CT molecular complexity index is 396. The summed E-state index contributed by atoms with van der Waals surface area (Å²) in [6.45, 7) is 7.93. The van der Waals surface area contributed by atoms with Crippen LogP contribution >= 0.6 is 0 Å². The van der Waals surface area contributed by atoms with Crippen molar-refractivity contribution < 1.29 is 9.84 Å². The fourth-order valence-electron chi connectivity index (χ4n) is 2.02. The van der Waals surface area contributed by atoms with Crippen molar-refractivity contribution in [2.75, 3.05) is 20.2 Å². The molecular weight excluding hydrogens is 252 g/mol. The van der Waals surface area contributed by atoms with Crippen LogP contribution in [-0.2, 0) is 6.54 Å². The van der Waals surface area contributed by atoms with Crippen LogP contribution in [0.25, 0.3) is 0 Å². The van der Waals surface area contributed by atoms with E-state index in [0.717, 1.165) is 11.3 Å². The van der Waals surface area contributed by atoms with E-state index in [0.29, 0.717) is 31.7 Å². The first-order valence-corrected chi connectivity index (χ1v) is 7.24. The first-order chi connectivity index (χ1) is 9.43.